The van der Waals surface area contributed by atoms with Crippen molar-refractivity contribution in [1.82, 2.24) is 20.0 Å². The Labute approximate surface area is 178 Å². The number of rotatable bonds is 5. The fourth-order valence-electron chi connectivity index (χ4n) is 3.55. The van der Waals surface area contributed by atoms with E-state index in [0.29, 0.717) is 18.8 Å². The number of carbonyl (C=O) groups excluding carboxylic acids is 1. The second-order valence-electron chi connectivity index (χ2n) is 7.13. The second-order valence-corrected chi connectivity index (χ2v) is 8.87. The maximum absolute atomic E-state index is 12.9. The number of nitrogens with two attached hydrogens (primary N) is 1. The molecule has 0 bridgehead atoms. The Morgan fingerprint density at radius 2 is 2.17 bits per heavy atom. The van der Waals surface area contributed by atoms with Gasteiger partial charge in [0.15, 0.2) is 0 Å². The topological polar surface area (TPSA) is 75.3 Å². The number of halogens is 1. The first kappa shape index (κ1) is 19.8. The molecule has 4 rings (SSSR count). The highest BCUT2D eigenvalue weighted by Crippen LogP contribution is 2.23. The summed E-state index contributed by atoms with van der Waals surface area (Å²) in [4.78, 5) is 18.1. The number of aromatic nitrogens is 2. The average Bonchev–Trinajstić information content (AvgIpc) is 3.12. The van der Waals surface area contributed by atoms with Crippen LogP contribution >= 0.6 is 22.9 Å². The number of hydrogen-bond donors (Lipinski definition) is 1. The number of thiophene rings is 1. The van der Waals surface area contributed by atoms with E-state index in [1.807, 2.05) is 42.2 Å². The number of amides is 1. The molecule has 1 atom stereocenters. The molecular weight excluding hydrogens is 406 g/mol. The zero-order valence-corrected chi connectivity index (χ0v) is 17.7. The Morgan fingerprint density at radius 3 is 2.97 bits per heavy atom. The van der Waals surface area contributed by atoms with Gasteiger partial charge in [-0.1, -0.05) is 29.8 Å². The van der Waals surface area contributed by atoms with Crippen molar-refractivity contribution in [3.05, 3.63) is 57.4 Å². The van der Waals surface area contributed by atoms with Crippen molar-refractivity contribution in [3.63, 3.8) is 0 Å². The number of anilines is 1. The first-order valence-electron chi connectivity index (χ1n) is 9.46. The summed E-state index contributed by atoms with van der Waals surface area (Å²) in [6.07, 6.45) is 5.70. The number of nitrogens with zero attached hydrogens (tertiary/aromatic N) is 4. The van der Waals surface area contributed by atoms with Gasteiger partial charge in [-0.25, -0.2) is 0 Å². The molecule has 1 saturated heterocycles. The first-order valence-corrected chi connectivity index (χ1v) is 10.7. The molecule has 1 aliphatic rings. The van der Waals surface area contributed by atoms with Gasteiger partial charge >= 0.3 is 0 Å². The van der Waals surface area contributed by atoms with Crippen LogP contribution in [0.5, 0.6) is 0 Å². The lowest BCUT2D eigenvalue weighted by Gasteiger charge is -2.38. The fraction of sp³-hybridized carbons (Fsp3) is 0.286. The summed E-state index contributed by atoms with van der Waals surface area (Å²) < 4.78 is 0.782. The van der Waals surface area contributed by atoms with Crippen molar-refractivity contribution in [2.75, 3.05) is 25.4 Å². The van der Waals surface area contributed by atoms with E-state index in [2.05, 4.69) is 27.2 Å². The average molecular weight is 428 g/mol. The van der Waals surface area contributed by atoms with Crippen LogP contribution in [0.4, 0.5) is 5.69 Å². The molecule has 1 unspecified atom stereocenters. The molecule has 0 aliphatic carbocycles. The highest BCUT2D eigenvalue weighted by Gasteiger charge is 2.30. The van der Waals surface area contributed by atoms with Crippen LogP contribution in [-0.4, -0.2) is 51.6 Å². The number of hydrogen-bond acceptors (Lipinski definition) is 6. The lowest BCUT2D eigenvalue weighted by molar-refractivity contribution is -0.141. The Bertz CT molecular complexity index is 1070. The minimum Gasteiger partial charge on any atom is -0.397 e. The Morgan fingerprint density at radius 1 is 1.31 bits per heavy atom. The third kappa shape index (κ3) is 4.42. The molecule has 8 heteroatoms. The first-order chi connectivity index (χ1) is 14.0. The van der Waals surface area contributed by atoms with Gasteiger partial charge < -0.3 is 10.6 Å². The van der Waals surface area contributed by atoms with Gasteiger partial charge in [-0.15, -0.1) is 11.3 Å². The van der Waals surface area contributed by atoms with E-state index < -0.39 is 0 Å². The predicted octanol–water partition coefficient (Wildman–Crippen LogP) is 3.67. The molecule has 1 amide bonds. The Kier molecular flexibility index (Phi) is 5.80. The summed E-state index contributed by atoms with van der Waals surface area (Å²) in [5, 5.41) is 8.94. The van der Waals surface area contributed by atoms with Gasteiger partial charge in [-0.05, 0) is 36.8 Å². The SMILES string of the molecule is CC1C(=O)N(Cc2ccc3c(N)cnnc3c2)CCN1C/C=C/c1ccc(Cl)s1. The van der Waals surface area contributed by atoms with Crippen LogP contribution in [0.25, 0.3) is 17.0 Å². The van der Waals surface area contributed by atoms with Crippen LogP contribution in [0, 0.1) is 0 Å². The van der Waals surface area contributed by atoms with Gasteiger partial charge in [0.1, 0.15) is 0 Å². The molecule has 0 spiro atoms. The Hall–Kier alpha value is -2.48. The van der Waals surface area contributed by atoms with Crippen LogP contribution < -0.4 is 5.73 Å². The summed E-state index contributed by atoms with van der Waals surface area (Å²) in [6, 6.07) is 9.63. The van der Waals surface area contributed by atoms with Gasteiger partial charge in [-0.3, -0.25) is 9.69 Å². The van der Waals surface area contributed by atoms with E-state index in [0.717, 1.165) is 38.8 Å². The lowest BCUT2D eigenvalue weighted by atomic mass is 10.1. The molecule has 29 heavy (non-hydrogen) atoms. The van der Waals surface area contributed by atoms with E-state index in [-0.39, 0.29) is 11.9 Å². The summed E-state index contributed by atoms with van der Waals surface area (Å²) in [5.74, 6) is 0.141. The summed E-state index contributed by atoms with van der Waals surface area (Å²) in [7, 11) is 0. The largest absolute Gasteiger partial charge is 0.397 e. The van der Waals surface area contributed by atoms with E-state index in [4.69, 9.17) is 17.3 Å². The van der Waals surface area contributed by atoms with Gasteiger partial charge in [0.05, 0.1) is 27.8 Å². The quantitative estimate of drug-likeness (QED) is 0.672. The zero-order chi connectivity index (χ0) is 20.4. The van der Waals surface area contributed by atoms with Gasteiger partial charge in [0.2, 0.25) is 5.91 Å². The van der Waals surface area contributed by atoms with E-state index in [1.165, 1.54) is 0 Å². The zero-order valence-electron chi connectivity index (χ0n) is 16.1. The molecule has 1 fully saturated rings. The summed E-state index contributed by atoms with van der Waals surface area (Å²) in [5.41, 5.74) is 8.33. The molecule has 2 N–H and O–H groups in total. The summed E-state index contributed by atoms with van der Waals surface area (Å²) >= 11 is 7.51. The van der Waals surface area contributed by atoms with Crippen LogP contribution in [0.15, 0.2) is 42.6 Å². The number of benzene rings is 1. The van der Waals surface area contributed by atoms with Crippen molar-refractivity contribution >= 4 is 51.5 Å². The number of fused-ring (bicyclic) bond motifs is 1. The standard InChI is InChI=1S/C21H22ClN5OS/c1-14-21(28)27(10-9-26(14)8-2-3-16-5-7-20(22)29-16)13-15-4-6-17-18(23)12-24-25-19(17)11-15/h2-7,11-12,14H,8-10,13H2,1H3,(H2,23,25)/b3-2+. The smallest absolute Gasteiger partial charge is 0.239 e. The van der Waals surface area contributed by atoms with Crippen molar-refractivity contribution in [1.29, 1.82) is 0 Å². The van der Waals surface area contributed by atoms with Crippen LogP contribution in [0.3, 0.4) is 0 Å². The number of nitrogen functional groups attached to an aromatic ring is 1. The van der Waals surface area contributed by atoms with Crippen molar-refractivity contribution < 1.29 is 4.79 Å². The molecule has 2 aromatic heterocycles. The monoisotopic (exact) mass is 427 g/mol. The molecular formula is C21H22ClN5OS. The number of piperazine rings is 1. The lowest BCUT2D eigenvalue weighted by Crippen LogP contribution is -2.55. The van der Waals surface area contributed by atoms with E-state index >= 15 is 0 Å². The summed E-state index contributed by atoms with van der Waals surface area (Å²) in [6.45, 7) is 4.80. The third-order valence-electron chi connectivity index (χ3n) is 5.20. The van der Waals surface area contributed by atoms with Gasteiger partial charge in [0.25, 0.3) is 0 Å². The van der Waals surface area contributed by atoms with Crippen molar-refractivity contribution in [3.8, 4) is 0 Å². The van der Waals surface area contributed by atoms with Crippen molar-refractivity contribution in [2.45, 2.75) is 19.5 Å². The second kappa shape index (κ2) is 8.49. The Balaban J connectivity index is 1.39. The molecule has 6 nitrogen and oxygen atoms in total. The normalized spacial score (nSPS) is 18.2. The third-order valence-corrected chi connectivity index (χ3v) is 6.40. The molecule has 1 aliphatic heterocycles. The van der Waals surface area contributed by atoms with Gasteiger partial charge in [-0.2, -0.15) is 10.2 Å². The van der Waals surface area contributed by atoms with E-state index in [1.54, 1.807) is 17.5 Å². The molecule has 3 heterocycles. The maximum atomic E-state index is 12.9. The molecule has 150 valence electrons. The molecule has 3 aromatic rings. The predicted molar refractivity (Wildman–Crippen MR) is 119 cm³/mol. The van der Waals surface area contributed by atoms with Crippen molar-refractivity contribution in [2.24, 2.45) is 0 Å². The van der Waals surface area contributed by atoms with Crippen LogP contribution in [-0.2, 0) is 11.3 Å². The van der Waals surface area contributed by atoms with Crippen LogP contribution in [0.1, 0.15) is 17.4 Å². The van der Waals surface area contributed by atoms with Gasteiger partial charge in [0, 0.05) is 36.4 Å². The molecule has 0 radical (unpaired) electrons. The van der Waals surface area contributed by atoms with Crippen LogP contribution in [0.2, 0.25) is 4.34 Å². The maximum Gasteiger partial charge on any atom is 0.239 e. The van der Waals surface area contributed by atoms with E-state index in [9.17, 15) is 4.79 Å². The fourth-order valence-corrected chi connectivity index (χ4v) is 4.54. The molecule has 0 saturated carbocycles. The minimum absolute atomic E-state index is 0.141. The minimum atomic E-state index is -0.156. The highest BCUT2D eigenvalue weighted by molar-refractivity contribution is 7.16. The highest BCUT2D eigenvalue weighted by atomic mass is 35.5. The number of carbonyl (C=O) groups is 1. The molecule has 1 aromatic carbocycles.